The second-order valence-corrected chi connectivity index (χ2v) is 4.95. The van der Waals surface area contributed by atoms with Crippen molar-refractivity contribution in [1.82, 2.24) is 30.8 Å². The van der Waals surface area contributed by atoms with Crippen molar-refractivity contribution in [1.29, 1.82) is 0 Å². The molecule has 0 aromatic carbocycles. The second-order valence-electron chi connectivity index (χ2n) is 4.95. The third-order valence-electron chi connectivity index (χ3n) is 3.43. The lowest BCUT2D eigenvalue weighted by molar-refractivity contribution is -0.145. The van der Waals surface area contributed by atoms with Crippen LogP contribution in [0.1, 0.15) is 37.9 Å². The molecule has 9 heteroatoms. The first-order valence-electron chi connectivity index (χ1n) is 6.54. The van der Waals surface area contributed by atoms with Crippen molar-refractivity contribution in [3.63, 3.8) is 0 Å². The van der Waals surface area contributed by atoms with Crippen LogP contribution >= 0.6 is 0 Å². The summed E-state index contributed by atoms with van der Waals surface area (Å²) in [5, 5.41) is 25.8. The molecule has 0 atom stereocenters. The fraction of sp³-hybridized carbons (Fsp3) is 0.727. The van der Waals surface area contributed by atoms with Crippen molar-refractivity contribution in [3.8, 4) is 0 Å². The first-order chi connectivity index (χ1) is 9.52. The summed E-state index contributed by atoms with van der Waals surface area (Å²) in [7, 11) is 1.62. The molecule has 1 aromatic rings. The number of hydrogen-bond donors (Lipinski definition) is 3. The molecule has 1 aromatic heterocycles. The number of aryl methyl sites for hydroxylation is 1. The SMILES string of the molecule is Cn1nnc(CNC(=O)NC2(C(=O)O)CCCCC2)n1. The van der Waals surface area contributed by atoms with Crippen LogP contribution in [-0.4, -0.2) is 42.9 Å². The van der Waals surface area contributed by atoms with E-state index in [2.05, 4.69) is 26.0 Å². The Morgan fingerprint density at radius 2 is 2.05 bits per heavy atom. The maximum absolute atomic E-state index is 11.8. The second kappa shape index (κ2) is 5.85. The fourth-order valence-electron chi connectivity index (χ4n) is 2.36. The number of carbonyl (C=O) groups is 2. The van der Waals surface area contributed by atoms with E-state index in [-0.39, 0.29) is 6.54 Å². The van der Waals surface area contributed by atoms with Gasteiger partial charge in [0.2, 0.25) is 0 Å². The van der Waals surface area contributed by atoms with Gasteiger partial charge in [0.25, 0.3) is 0 Å². The van der Waals surface area contributed by atoms with Gasteiger partial charge in [0.05, 0.1) is 13.6 Å². The lowest BCUT2D eigenvalue weighted by Gasteiger charge is -2.33. The van der Waals surface area contributed by atoms with E-state index in [0.717, 1.165) is 19.3 Å². The number of rotatable bonds is 4. The molecule has 0 aliphatic heterocycles. The van der Waals surface area contributed by atoms with E-state index in [1.807, 2.05) is 0 Å². The molecule has 0 unspecified atom stereocenters. The first kappa shape index (κ1) is 14.2. The minimum atomic E-state index is -1.15. The summed E-state index contributed by atoms with van der Waals surface area (Å²) in [5.41, 5.74) is -1.15. The summed E-state index contributed by atoms with van der Waals surface area (Å²) < 4.78 is 0. The minimum Gasteiger partial charge on any atom is -0.480 e. The molecule has 20 heavy (non-hydrogen) atoms. The molecule has 0 radical (unpaired) electrons. The molecule has 0 spiro atoms. The van der Waals surface area contributed by atoms with Gasteiger partial charge in [-0.15, -0.1) is 10.2 Å². The van der Waals surface area contributed by atoms with Crippen LogP contribution in [0.3, 0.4) is 0 Å². The van der Waals surface area contributed by atoms with Gasteiger partial charge in [-0.3, -0.25) is 0 Å². The van der Waals surface area contributed by atoms with Gasteiger partial charge in [0, 0.05) is 0 Å². The molecule has 1 saturated carbocycles. The van der Waals surface area contributed by atoms with E-state index in [9.17, 15) is 14.7 Å². The monoisotopic (exact) mass is 282 g/mol. The van der Waals surface area contributed by atoms with Gasteiger partial charge < -0.3 is 15.7 Å². The average molecular weight is 282 g/mol. The van der Waals surface area contributed by atoms with Crippen LogP contribution < -0.4 is 10.6 Å². The van der Waals surface area contributed by atoms with Gasteiger partial charge in [-0.1, -0.05) is 19.3 Å². The van der Waals surface area contributed by atoms with E-state index in [1.54, 1.807) is 7.05 Å². The summed E-state index contributed by atoms with van der Waals surface area (Å²) in [5.74, 6) is -0.611. The molecular formula is C11H18N6O3. The number of hydrogen-bond acceptors (Lipinski definition) is 5. The number of urea groups is 1. The van der Waals surface area contributed by atoms with E-state index in [0.29, 0.717) is 18.7 Å². The van der Waals surface area contributed by atoms with Crippen molar-refractivity contribution < 1.29 is 14.7 Å². The molecule has 9 nitrogen and oxygen atoms in total. The van der Waals surface area contributed by atoms with Crippen LogP contribution in [-0.2, 0) is 18.4 Å². The maximum atomic E-state index is 11.8. The Hall–Kier alpha value is -2.19. The Morgan fingerprint density at radius 3 is 2.60 bits per heavy atom. The van der Waals surface area contributed by atoms with Gasteiger partial charge >= 0.3 is 12.0 Å². The molecule has 1 aliphatic rings. The Bertz CT molecular complexity index is 494. The third-order valence-corrected chi connectivity index (χ3v) is 3.43. The van der Waals surface area contributed by atoms with Crippen molar-refractivity contribution in [3.05, 3.63) is 5.82 Å². The zero-order chi connectivity index (χ0) is 14.6. The first-order valence-corrected chi connectivity index (χ1v) is 6.54. The summed E-state index contributed by atoms with van der Waals surface area (Å²) in [6, 6.07) is -0.526. The topological polar surface area (TPSA) is 122 Å². The normalized spacial score (nSPS) is 17.4. The maximum Gasteiger partial charge on any atom is 0.329 e. The fourth-order valence-corrected chi connectivity index (χ4v) is 2.36. The number of aromatic nitrogens is 4. The van der Waals surface area contributed by atoms with E-state index in [1.165, 1.54) is 4.80 Å². The number of amides is 2. The number of nitrogens with zero attached hydrogens (tertiary/aromatic N) is 4. The summed E-state index contributed by atoms with van der Waals surface area (Å²) >= 11 is 0. The summed E-state index contributed by atoms with van der Waals surface area (Å²) in [6.07, 6.45) is 3.52. The van der Waals surface area contributed by atoms with E-state index in [4.69, 9.17) is 0 Å². The minimum absolute atomic E-state index is 0.107. The molecule has 2 rings (SSSR count). The molecular weight excluding hydrogens is 264 g/mol. The molecule has 0 bridgehead atoms. The molecule has 1 heterocycles. The van der Waals surface area contributed by atoms with E-state index < -0.39 is 17.5 Å². The van der Waals surface area contributed by atoms with Gasteiger partial charge in [-0.2, -0.15) is 4.80 Å². The smallest absolute Gasteiger partial charge is 0.329 e. The quantitative estimate of drug-likeness (QED) is 0.702. The van der Waals surface area contributed by atoms with Crippen LogP contribution in [0.2, 0.25) is 0 Å². The predicted octanol–water partition coefficient (Wildman–Crippen LogP) is -0.203. The lowest BCUT2D eigenvalue weighted by Crippen LogP contribution is -2.58. The van der Waals surface area contributed by atoms with Gasteiger partial charge in [0.15, 0.2) is 5.82 Å². The highest BCUT2D eigenvalue weighted by molar-refractivity contribution is 5.86. The van der Waals surface area contributed by atoms with Gasteiger partial charge in [0.1, 0.15) is 5.54 Å². The molecule has 110 valence electrons. The average Bonchev–Trinajstić information content (AvgIpc) is 2.83. The van der Waals surface area contributed by atoms with Gasteiger partial charge in [-0.25, -0.2) is 9.59 Å². The van der Waals surface area contributed by atoms with Gasteiger partial charge in [-0.05, 0) is 18.1 Å². The largest absolute Gasteiger partial charge is 0.480 e. The summed E-state index contributed by atoms with van der Waals surface area (Å²) in [6.45, 7) is 0.107. The Labute approximate surface area is 115 Å². The van der Waals surface area contributed by atoms with Crippen LogP contribution in [0.15, 0.2) is 0 Å². The molecule has 1 aliphatic carbocycles. The standard InChI is InChI=1S/C11H18N6O3/c1-17-15-8(14-16-17)7-12-10(20)13-11(9(18)19)5-3-2-4-6-11/h2-7H2,1H3,(H,18,19)(H2,12,13,20). The molecule has 3 N–H and O–H groups in total. The van der Waals surface area contributed by atoms with Crippen molar-refractivity contribution >= 4 is 12.0 Å². The highest BCUT2D eigenvalue weighted by Crippen LogP contribution is 2.28. The third kappa shape index (κ3) is 3.22. The zero-order valence-corrected chi connectivity index (χ0v) is 11.3. The molecule has 0 saturated heterocycles. The molecule has 2 amide bonds. The van der Waals surface area contributed by atoms with Crippen LogP contribution in [0.4, 0.5) is 4.79 Å². The summed E-state index contributed by atoms with van der Waals surface area (Å²) in [4.78, 5) is 24.5. The van der Waals surface area contributed by atoms with Crippen molar-refractivity contribution in [2.45, 2.75) is 44.2 Å². The highest BCUT2D eigenvalue weighted by Gasteiger charge is 2.40. The number of carbonyl (C=O) groups excluding carboxylic acids is 1. The zero-order valence-electron chi connectivity index (χ0n) is 11.3. The Morgan fingerprint density at radius 1 is 1.35 bits per heavy atom. The molecule has 1 fully saturated rings. The van der Waals surface area contributed by atoms with E-state index >= 15 is 0 Å². The number of carboxylic acids is 1. The predicted molar refractivity (Wildman–Crippen MR) is 67.6 cm³/mol. The van der Waals surface area contributed by atoms with Crippen LogP contribution in [0.5, 0.6) is 0 Å². The lowest BCUT2D eigenvalue weighted by atomic mass is 9.82. The number of tetrazole rings is 1. The Kier molecular flexibility index (Phi) is 4.16. The van der Waals surface area contributed by atoms with Crippen molar-refractivity contribution in [2.75, 3.05) is 0 Å². The van der Waals surface area contributed by atoms with Crippen LogP contribution in [0, 0.1) is 0 Å². The number of carboxylic acid groups (broad SMARTS) is 1. The van der Waals surface area contributed by atoms with Crippen molar-refractivity contribution in [2.24, 2.45) is 7.05 Å². The number of nitrogens with one attached hydrogen (secondary N) is 2. The van der Waals surface area contributed by atoms with Crippen LogP contribution in [0.25, 0.3) is 0 Å². The number of aliphatic carboxylic acids is 1. The Balaban J connectivity index is 1.90. The highest BCUT2D eigenvalue weighted by atomic mass is 16.4.